The molecule has 0 aliphatic rings. The molecule has 0 aliphatic heterocycles. The van der Waals surface area contributed by atoms with Gasteiger partial charge in [-0.05, 0) is 56.3 Å². The van der Waals surface area contributed by atoms with E-state index in [-0.39, 0.29) is 22.6 Å². The zero-order valence-electron chi connectivity index (χ0n) is 18.6. The molecule has 192 valence electrons. The Kier molecular flexibility index (Phi) is 7.25. The Morgan fingerprint density at radius 1 is 0.944 bits per heavy atom. The lowest BCUT2D eigenvalue weighted by atomic mass is 9.98. The summed E-state index contributed by atoms with van der Waals surface area (Å²) < 4.78 is 95.2. The van der Waals surface area contributed by atoms with Gasteiger partial charge in [-0.2, -0.15) is 13.2 Å². The number of nitrogens with zero attached hydrogens (tertiary/aromatic N) is 2. The fourth-order valence-corrected chi connectivity index (χ4v) is 3.16. The van der Waals surface area contributed by atoms with Crippen LogP contribution in [0.4, 0.5) is 30.7 Å². The Hall–Kier alpha value is -3.74. The van der Waals surface area contributed by atoms with Gasteiger partial charge in [0, 0.05) is 11.1 Å². The SMILES string of the molecule is CC(C)(O)[C@@H](NC(=O)c1cc(-c2ccc(OC(F)(F)F)cc2)nc(-c2cccc(F)c2)n1)C(F)(F)F. The summed E-state index contributed by atoms with van der Waals surface area (Å²) in [6.45, 7) is 1.72. The standard InChI is InChI=1S/C23H18F7N3O3/c1-21(2,35)20(22(25,26)27)33-19(34)17-11-16(12-6-8-15(9-7-12)36-23(28,29)30)31-18(32-17)13-4-3-5-14(24)10-13/h3-11,20,35H,1-2H3,(H,33,34)/t20-/m1/s1. The van der Waals surface area contributed by atoms with Crippen LogP contribution in [0.25, 0.3) is 22.6 Å². The van der Waals surface area contributed by atoms with E-state index in [1.165, 1.54) is 24.3 Å². The molecule has 1 amide bonds. The minimum Gasteiger partial charge on any atom is -0.406 e. The lowest BCUT2D eigenvalue weighted by Crippen LogP contribution is -2.57. The van der Waals surface area contributed by atoms with Crippen LogP contribution < -0.4 is 10.1 Å². The summed E-state index contributed by atoms with van der Waals surface area (Å²) in [5.74, 6) is -2.78. The second kappa shape index (κ2) is 9.72. The van der Waals surface area contributed by atoms with Crippen molar-refractivity contribution in [2.75, 3.05) is 0 Å². The zero-order chi connectivity index (χ0) is 26.9. The number of alkyl halides is 6. The van der Waals surface area contributed by atoms with Crippen LogP contribution in [0.15, 0.2) is 54.6 Å². The van der Waals surface area contributed by atoms with E-state index in [0.717, 1.165) is 44.2 Å². The molecule has 36 heavy (non-hydrogen) atoms. The highest BCUT2D eigenvalue weighted by Crippen LogP contribution is 2.30. The number of aliphatic hydroxyl groups is 1. The van der Waals surface area contributed by atoms with E-state index in [2.05, 4.69) is 14.7 Å². The lowest BCUT2D eigenvalue weighted by molar-refractivity contribution is -0.274. The molecule has 1 aromatic heterocycles. The van der Waals surface area contributed by atoms with E-state index >= 15 is 0 Å². The van der Waals surface area contributed by atoms with E-state index in [4.69, 9.17) is 0 Å². The number of ether oxygens (including phenoxy) is 1. The van der Waals surface area contributed by atoms with Crippen molar-refractivity contribution in [2.45, 2.75) is 38.0 Å². The second-order valence-corrected chi connectivity index (χ2v) is 8.15. The molecule has 3 rings (SSSR count). The normalized spacial score (nSPS) is 13.3. The maximum Gasteiger partial charge on any atom is 0.573 e. The van der Waals surface area contributed by atoms with Gasteiger partial charge in [0.2, 0.25) is 0 Å². The first kappa shape index (κ1) is 26.9. The molecule has 0 bridgehead atoms. The molecule has 0 fully saturated rings. The first-order valence-electron chi connectivity index (χ1n) is 10.1. The van der Waals surface area contributed by atoms with Gasteiger partial charge in [0.05, 0.1) is 11.3 Å². The van der Waals surface area contributed by atoms with E-state index in [0.29, 0.717) is 0 Å². The number of hydrogen-bond donors (Lipinski definition) is 2. The molecule has 1 heterocycles. The first-order valence-corrected chi connectivity index (χ1v) is 10.1. The van der Waals surface area contributed by atoms with Gasteiger partial charge < -0.3 is 15.2 Å². The number of halogens is 7. The summed E-state index contributed by atoms with van der Waals surface area (Å²) >= 11 is 0. The van der Waals surface area contributed by atoms with E-state index in [1.807, 2.05) is 0 Å². The van der Waals surface area contributed by atoms with Gasteiger partial charge in [-0.3, -0.25) is 4.79 Å². The van der Waals surface area contributed by atoms with Crippen LogP contribution in [0.5, 0.6) is 5.75 Å². The Balaban J connectivity index is 2.07. The van der Waals surface area contributed by atoms with Gasteiger partial charge in [-0.25, -0.2) is 14.4 Å². The fraction of sp³-hybridized carbons (Fsp3) is 0.261. The zero-order valence-corrected chi connectivity index (χ0v) is 18.6. The van der Waals surface area contributed by atoms with Crippen molar-refractivity contribution < 1.29 is 45.4 Å². The number of hydrogen-bond acceptors (Lipinski definition) is 5. The molecule has 0 unspecified atom stereocenters. The molecule has 6 nitrogen and oxygen atoms in total. The summed E-state index contributed by atoms with van der Waals surface area (Å²) in [7, 11) is 0. The lowest BCUT2D eigenvalue weighted by Gasteiger charge is -2.31. The third-order valence-corrected chi connectivity index (χ3v) is 4.73. The monoisotopic (exact) mass is 517 g/mol. The van der Waals surface area contributed by atoms with Crippen molar-refractivity contribution in [3.05, 3.63) is 66.1 Å². The number of benzene rings is 2. The average molecular weight is 517 g/mol. The minimum atomic E-state index is -5.01. The fourth-order valence-electron chi connectivity index (χ4n) is 3.16. The summed E-state index contributed by atoms with van der Waals surface area (Å²) in [6, 6.07) is 7.50. The van der Waals surface area contributed by atoms with Gasteiger partial charge in [-0.1, -0.05) is 12.1 Å². The summed E-state index contributed by atoms with van der Waals surface area (Å²) in [4.78, 5) is 20.9. The average Bonchev–Trinajstić information content (AvgIpc) is 2.75. The highest BCUT2D eigenvalue weighted by Gasteiger charge is 2.49. The number of carbonyl (C=O) groups is 1. The molecule has 0 saturated carbocycles. The molecule has 2 aromatic carbocycles. The largest absolute Gasteiger partial charge is 0.573 e. The topological polar surface area (TPSA) is 84.3 Å². The Morgan fingerprint density at radius 2 is 1.58 bits per heavy atom. The van der Waals surface area contributed by atoms with Crippen LogP contribution in [0.3, 0.4) is 0 Å². The van der Waals surface area contributed by atoms with Crippen LogP contribution >= 0.6 is 0 Å². The number of aromatic nitrogens is 2. The van der Waals surface area contributed by atoms with Crippen molar-refractivity contribution >= 4 is 5.91 Å². The highest BCUT2D eigenvalue weighted by atomic mass is 19.4. The van der Waals surface area contributed by atoms with Gasteiger partial charge in [0.1, 0.15) is 17.3 Å². The van der Waals surface area contributed by atoms with Crippen LogP contribution in [0.1, 0.15) is 24.3 Å². The summed E-state index contributed by atoms with van der Waals surface area (Å²) in [5.41, 5.74) is -2.76. The third-order valence-electron chi connectivity index (χ3n) is 4.73. The minimum absolute atomic E-state index is 0.0558. The number of amides is 1. The van der Waals surface area contributed by atoms with E-state index in [1.54, 1.807) is 5.32 Å². The molecular weight excluding hydrogens is 499 g/mol. The van der Waals surface area contributed by atoms with Crippen LogP contribution in [-0.4, -0.2) is 45.2 Å². The molecule has 13 heteroatoms. The molecule has 3 aromatic rings. The van der Waals surface area contributed by atoms with Gasteiger partial charge >= 0.3 is 12.5 Å². The summed E-state index contributed by atoms with van der Waals surface area (Å²) in [5, 5.41) is 11.6. The van der Waals surface area contributed by atoms with Gasteiger partial charge in [0.15, 0.2) is 11.9 Å². The quantitative estimate of drug-likeness (QED) is 0.435. The number of rotatable bonds is 6. The molecular formula is C23H18F7N3O3. The Bertz CT molecular complexity index is 1220. The molecule has 0 saturated heterocycles. The van der Waals surface area contributed by atoms with Crippen LogP contribution in [0, 0.1) is 5.82 Å². The van der Waals surface area contributed by atoms with E-state index in [9.17, 15) is 40.6 Å². The first-order chi connectivity index (χ1) is 16.5. The van der Waals surface area contributed by atoms with E-state index < -0.39 is 47.3 Å². The molecule has 0 radical (unpaired) electrons. The number of nitrogens with one attached hydrogen (secondary N) is 1. The summed E-state index contributed by atoms with van der Waals surface area (Å²) in [6.07, 6.45) is -9.94. The molecule has 0 spiro atoms. The molecule has 2 N–H and O–H groups in total. The third kappa shape index (κ3) is 6.90. The maximum atomic E-state index is 13.8. The van der Waals surface area contributed by atoms with Crippen molar-refractivity contribution in [3.63, 3.8) is 0 Å². The Labute approximate surface area is 199 Å². The predicted molar refractivity (Wildman–Crippen MR) is 113 cm³/mol. The number of carbonyl (C=O) groups excluding carboxylic acids is 1. The van der Waals surface area contributed by atoms with Crippen molar-refractivity contribution in [1.82, 2.24) is 15.3 Å². The molecule has 1 atom stereocenters. The maximum absolute atomic E-state index is 13.8. The molecule has 0 aliphatic carbocycles. The van der Waals surface area contributed by atoms with Crippen LogP contribution in [-0.2, 0) is 0 Å². The van der Waals surface area contributed by atoms with Crippen LogP contribution in [0.2, 0.25) is 0 Å². The van der Waals surface area contributed by atoms with Crippen molar-refractivity contribution in [3.8, 4) is 28.4 Å². The van der Waals surface area contributed by atoms with Gasteiger partial charge in [0.25, 0.3) is 5.91 Å². The second-order valence-electron chi connectivity index (χ2n) is 8.15. The van der Waals surface area contributed by atoms with Crippen molar-refractivity contribution in [1.29, 1.82) is 0 Å². The van der Waals surface area contributed by atoms with Crippen molar-refractivity contribution in [2.24, 2.45) is 0 Å². The smallest absolute Gasteiger partial charge is 0.406 e. The van der Waals surface area contributed by atoms with Gasteiger partial charge in [-0.15, -0.1) is 13.2 Å². The Morgan fingerprint density at radius 3 is 2.11 bits per heavy atom. The predicted octanol–water partition coefficient (Wildman–Crippen LogP) is 5.28. The highest BCUT2D eigenvalue weighted by molar-refractivity contribution is 5.94.